The average molecular weight is 266 g/mol. The summed E-state index contributed by atoms with van der Waals surface area (Å²) >= 11 is 5.92. The fourth-order valence-electron chi connectivity index (χ4n) is 1.77. The predicted octanol–water partition coefficient (Wildman–Crippen LogP) is 3.46. The number of aliphatic hydroxyl groups is 1. The van der Waals surface area contributed by atoms with Gasteiger partial charge < -0.3 is 5.11 Å². The van der Waals surface area contributed by atoms with E-state index in [0.29, 0.717) is 16.3 Å². The Hall–Kier alpha value is -1.45. The molecule has 0 aliphatic rings. The molecule has 0 bridgehead atoms. The molecule has 18 heavy (non-hydrogen) atoms. The first kappa shape index (κ1) is 13.0. The van der Waals surface area contributed by atoms with Gasteiger partial charge >= 0.3 is 0 Å². The molecule has 0 fully saturated rings. The number of nitrogens with zero attached hydrogens (tertiary/aromatic N) is 1. The summed E-state index contributed by atoms with van der Waals surface area (Å²) in [6.45, 7) is 1.84. The first-order valence-corrected chi connectivity index (χ1v) is 6.00. The first-order chi connectivity index (χ1) is 8.58. The van der Waals surface area contributed by atoms with Crippen LogP contribution < -0.4 is 0 Å². The molecule has 1 atom stereocenters. The van der Waals surface area contributed by atoms with Gasteiger partial charge in [0.1, 0.15) is 11.9 Å². The van der Waals surface area contributed by atoms with E-state index in [-0.39, 0.29) is 6.42 Å². The number of aliphatic hydroxyl groups excluding tert-OH is 1. The zero-order valence-electron chi connectivity index (χ0n) is 9.90. The fraction of sp³-hybridized carbons (Fsp3) is 0.214. The highest BCUT2D eigenvalue weighted by molar-refractivity contribution is 6.31. The van der Waals surface area contributed by atoms with Gasteiger partial charge in [-0.1, -0.05) is 23.7 Å². The third kappa shape index (κ3) is 2.86. The predicted molar refractivity (Wildman–Crippen MR) is 69.0 cm³/mol. The van der Waals surface area contributed by atoms with Crippen LogP contribution >= 0.6 is 11.6 Å². The van der Waals surface area contributed by atoms with Gasteiger partial charge in [0.25, 0.3) is 0 Å². The number of rotatable bonds is 3. The SMILES string of the molecule is Cc1cccc(C(O)Cc2c(F)cccc2Cl)n1. The van der Waals surface area contributed by atoms with Crippen molar-refractivity contribution < 1.29 is 9.50 Å². The molecular formula is C14H13ClFNO. The van der Waals surface area contributed by atoms with E-state index in [9.17, 15) is 9.50 Å². The molecule has 94 valence electrons. The Morgan fingerprint density at radius 3 is 2.67 bits per heavy atom. The number of benzene rings is 1. The summed E-state index contributed by atoms with van der Waals surface area (Å²) < 4.78 is 13.6. The van der Waals surface area contributed by atoms with Crippen LogP contribution in [0.5, 0.6) is 0 Å². The average Bonchev–Trinajstić information content (AvgIpc) is 2.34. The highest BCUT2D eigenvalue weighted by Crippen LogP contribution is 2.25. The molecule has 2 aromatic rings. The van der Waals surface area contributed by atoms with Crippen LogP contribution in [0, 0.1) is 12.7 Å². The molecule has 0 saturated heterocycles. The number of aromatic nitrogens is 1. The van der Waals surface area contributed by atoms with Crippen LogP contribution in [-0.2, 0) is 6.42 Å². The zero-order chi connectivity index (χ0) is 13.1. The van der Waals surface area contributed by atoms with Crippen molar-refractivity contribution in [1.82, 2.24) is 4.98 Å². The van der Waals surface area contributed by atoms with Gasteiger partial charge in [-0.3, -0.25) is 4.98 Å². The molecule has 2 nitrogen and oxygen atoms in total. The van der Waals surface area contributed by atoms with Crippen molar-refractivity contribution in [2.24, 2.45) is 0 Å². The molecule has 1 aromatic carbocycles. The third-order valence-electron chi connectivity index (χ3n) is 2.71. The second kappa shape index (κ2) is 5.46. The molecular weight excluding hydrogens is 253 g/mol. The van der Waals surface area contributed by atoms with Crippen molar-refractivity contribution in [2.75, 3.05) is 0 Å². The maximum atomic E-state index is 13.6. The Morgan fingerprint density at radius 1 is 1.28 bits per heavy atom. The maximum Gasteiger partial charge on any atom is 0.127 e. The summed E-state index contributed by atoms with van der Waals surface area (Å²) in [5.74, 6) is -0.408. The summed E-state index contributed by atoms with van der Waals surface area (Å²) in [5, 5.41) is 10.4. The van der Waals surface area contributed by atoms with E-state index in [0.717, 1.165) is 5.69 Å². The van der Waals surface area contributed by atoms with Crippen LogP contribution in [0.15, 0.2) is 36.4 Å². The Kier molecular flexibility index (Phi) is 3.94. The second-order valence-electron chi connectivity index (χ2n) is 4.12. The summed E-state index contributed by atoms with van der Waals surface area (Å²) in [5.41, 5.74) is 1.65. The standard InChI is InChI=1S/C14H13ClFNO/c1-9-4-2-7-13(17-9)14(18)8-10-11(15)5-3-6-12(10)16/h2-7,14,18H,8H2,1H3. The lowest BCUT2D eigenvalue weighted by Gasteiger charge is -2.12. The molecule has 4 heteroatoms. The molecule has 0 radical (unpaired) electrons. The Bertz CT molecular complexity index is 539. The lowest BCUT2D eigenvalue weighted by molar-refractivity contribution is 0.172. The quantitative estimate of drug-likeness (QED) is 0.922. The molecule has 0 spiro atoms. The van der Waals surface area contributed by atoms with Crippen molar-refractivity contribution in [3.8, 4) is 0 Å². The van der Waals surface area contributed by atoms with Gasteiger partial charge in [-0.15, -0.1) is 0 Å². The van der Waals surface area contributed by atoms with Crippen LogP contribution in [0.4, 0.5) is 4.39 Å². The van der Waals surface area contributed by atoms with Crippen molar-refractivity contribution in [3.05, 3.63) is 64.2 Å². The van der Waals surface area contributed by atoms with Crippen LogP contribution in [0.2, 0.25) is 5.02 Å². The van der Waals surface area contributed by atoms with Crippen molar-refractivity contribution in [3.63, 3.8) is 0 Å². The van der Waals surface area contributed by atoms with Gasteiger partial charge in [-0.2, -0.15) is 0 Å². The normalized spacial score (nSPS) is 12.4. The van der Waals surface area contributed by atoms with E-state index < -0.39 is 11.9 Å². The van der Waals surface area contributed by atoms with Crippen LogP contribution in [0.25, 0.3) is 0 Å². The molecule has 0 aliphatic carbocycles. The number of pyridine rings is 1. The van der Waals surface area contributed by atoms with Crippen LogP contribution in [0.1, 0.15) is 23.1 Å². The molecule has 1 heterocycles. The van der Waals surface area contributed by atoms with Crippen molar-refractivity contribution >= 4 is 11.6 Å². The van der Waals surface area contributed by atoms with E-state index in [1.807, 2.05) is 19.1 Å². The zero-order valence-corrected chi connectivity index (χ0v) is 10.7. The lowest BCUT2D eigenvalue weighted by Crippen LogP contribution is -2.06. The number of aryl methyl sites for hydroxylation is 1. The summed E-state index contributed by atoms with van der Waals surface area (Å²) in [6.07, 6.45) is -0.749. The number of hydrogen-bond acceptors (Lipinski definition) is 2. The van der Waals surface area contributed by atoms with E-state index in [2.05, 4.69) is 4.98 Å². The first-order valence-electron chi connectivity index (χ1n) is 5.62. The monoisotopic (exact) mass is 265 g/mol. The molecule has 0 aliphatic heterocycles. The molecule has 1 aromatic heterocycles. The molecule has 1 unspecified atom stereocenters. The third-order valence-corrected chi connectivity index (χ3v) is 3.06. The number of halogens is 2. The topological polar surface area (TPSA) is 33.1 Å². The minimum Gasteiger partial charge on any atom is -0.386 e. The van der Waals surface area contributed by atoms with Crippen LogP contribution in [-0.4, -0.2) is 10.1 Å². The highest BCUT2D eigenvalue weighted by atomic mass is 35.5. The van der Waals surface area contributed by atoms with Crippen LogP contribution in [0.3, 0.4) is 0 Å². The Morgan fingerprint density at radius 2 is 2.00 bits per heavy atom. The fourth-order valence-corrected chi connectivity index (χ4v) is 2.02. The highest BCUT2D eigenvalue weighted by Gasteiger charge is 2.15. The van der Waals surface area contributed by atoms with E-state index in [4.69, 9.17) is 11.6 Å². The van der Waals surface area contributed by atoms with Crippen molar-refractivity contribution in [1.29, 1.82) is 0 Å². The smallest absolute Gasteiger partial charge is 0.127 e. The maximum absolute atomic E-state index is 13.6. The van der Waals surface area contributed by atoms with Gasteiger partial charge in [0.05, 0.1) is 5.69 Å². The molecule has 0 amide bonds. The summed E-state index contributed by atoms with van der Waals surface area (Å²) in [6, 6.07) is 9.84. The van der Waals surface area contributed by atoms with Crippen molar-refractivity contribution in [2.45, 2.75) is 19.4 Å². The summed E-state index contributed by atoms with van der Waals surface area (Å²) in [7, 11) is 0. The van der Waals surface area contributed by atoms with Gasteiger partial charge in [-0.05, 0) is 31.2 Å². The minimum absolute atomic E-state index is 0.113. The van der Waals surface area contributed by atoms with E-state index in [1.165, 1.54) is 6.07 Å². The molecule has 1 N–H and O–H groups in total. The van der Waals surface area contributed by atoms with Gasteiger partial charge in [0.15, 0.2) is 0 Å². The molecule has 0 saturated carbocycles. The van der Waals surface area contributed by atoms with Gasteiger partial charge in [0, 0.05) is 22.7 Å². The van der Waals surface area contributed by atoms with E-state index >= 15 is 0 Å². The second-order valence-corrected chi connectivity index (χ2v) is 4.53. The Labute approximate surface area is 110 Å². The van der Waals surface area contributed by atoms with E-state index in [1.54, 1.807) is 18.2 Å². The van der Waals surface area contributed by atoms with Gasteiger partial charge in [0.2, 0.25) is 0 Å². The van der Waals surface area contributed by atoms with Gasteiger partial charge in [-0.25, -0.2) is 4.39 Å². The largest absolute Gasteiger partial charge is 0.386 e. The minimum atomic E-state index is -0.862. The lowest BCUT2D eigenvalue weighted by atomic mass is 10.0. The number of hydrogen-bond donors (Lipinski definition) is 1. The summed E-state index contributed by atoms with van der Waals surface area (Å²) in [4.78, 5) is 4.21. The Balaban J connectivity index is 2.24. The molecule has 2 rings (SSSR count).